The van der Waals surface area contributed by atoms with E-state index in [4.69, 9.17) is 0 Å². The second-order valence-corrected chi connectivity index (χ2v) is 8.69. The number of nitrogens with one attached hydrogen (secondary N) is 2. The average Bonchev–Trinajstić information content (AvgIpc) is 2.75. The van der Waals surface area contributed by atoms with Gasteiger partial charge in [0.1, 0.15) is 0 Å². The number of benzene rings is 2. The molecule has 2 aromatic carbocycles. The fourth-order valence-electron chi connectivity index (χ4n) is 3.72. The molecule has 2 aliphatic heterocycles. The number of para-hydroxylation sites is 1. The van der Waals surface area contributed by atoms with Crippen LogP contribution in [0.25, 0.3) is 6.08 Å². The molecule has 2 amide bonds. The molecule has 0 spiro atoms. The first-order chi connectivity index (χ1) is 14.2. The number of thioether (sulfide) groups is 1. The van der Waals surface area contributed by atoms with Gasteiger partial charge in [-0.3, -0.25) is 9.59 Å². The molecule has 1 fully saturated rings. The molecule has 2 heterocycles. The second-order valence-electron chi connectivity index (χ2n) is 7.44. The maximum absolute atomic E-state index is 12.7. The SMILES string of the molecule is O=C1Nc2ccccc2S[C@H]1CC(=O)N1CC[NH+](C/C=C/c2ccccc2)CC1. The lowest BCUT2D eigenvalue weighted by Gasteiger charge is -2.33. The highest BCUT2D eigenvalue weighted by Crippen LogP contribution is 2.36. The number of fused-ring (bicyclic) bond motifs is 1. The number of nitrogens with zero attached hydrogens (tertiary/aromatic N) is 1. The fraction of sp³-hybridized carbons (Fsp3) is 0.304. The van der Waals surface area contributed by atoms with E-state index in [2.05, 4.69) is 29.6 Å². The van der Waals surface area contributed by atoms with Crippen molar-refractivity contribution < 1.29 is 14.5 Å². The summed E-state index contributed by atoms with van der Waals surface area (Å²) in [5.41, 5.74) is 2.05. The minimum atomic E-state index is -0.350. The smallest absolute Gasteiger partial charge is 0.238 e. The van der Waals surface area contributed by atoms with Gasteiger partial charge in [-0.1, -0.05) is 48.5 Å². The highest BCUT2D eigenvalue weighted by atomic mass is 32.2. The van der Waals surface area contributed by atoms with E-state index in [1.54, 1.807) is 0 Å². The largest absolute Gasteiger partial charge is 0.331 e. The van der Waals surface area contributed by atoms with Crippen molar-refractivity contribution in [2.45, 2.75) is 16.6 Å². The van der Waals surface area contributed by atoms with Gasteiger partial charge in [0.05, 0.1) is 43.7 Å². The average molecular weight is 409 g/mol. The second kappa shape index (κ2) is 9.29. The number of hydrogen-bond donors (Lipinski definition) is 2. The third kappa shape index (κ3) is 5.08. The first kappa shape index (κ1) is 19.7. The van der Waals surface area contributed by atoms with Gasteiger partial charge >= 0.3 is 0 Å². The van der Waals surface area contributed by atoms with Crippen LogP contribution >= 0.6 is 11.8 Å². The number of rotatable bonds is 5. The minimum Gasteiger partial charge on any atom is -0.331 e. The van der Waals surface area contributed by atoms with Gasteiger partial charge in [-0.05, 0) is 23.8 Å². The molecule has 2 aromatic rings. The normalized spacial score (nSPS) is 19.8. The molecule has 0 radical (unpaired) electrons. The number of quaternary nitrogens is 1. The third-order valence-electron chi connectivity index (χ3n) is 5.41. The number of anilines is 1. The highest BCUT2D eigenvalue weighted by Gasteiger charge is 2.31. The molecule has 6 heteroatoms. The summed E-state index contributed by atoms with van der Waals surface area (Å²) in [6.45, 7) is 4.36. The minimum absolute atomic E-state index is 0.0719. The standard InChI is InChI=1S/C23H25N3O2S/c27-22(17-21-23(28)24-19-10-4-5-11-20(19)29-21)26-15-13-25(14-16-26)12-6-9-18-7-2-1-3-8-18/h1-11,21H,12-17H2,(H,24,28)/p+1/b9-6+/t21-/m0/s1. The number of carbonyl (C=O) groups excluding carboxylic acids is 2. The lowest BCUT2D eigenvalue weighted by molar-refractivity contribution is -0.898. The lowest BCUT2D eigenvalue weighted by atomic mass is 10.2. The van der Waals surface area contributed by atoms with E-state index >= 15 is 0 Å². The van der Waals surface area contributed by atoms with Gasteiger partial charge < -0.3 is 15.1 Å². The molecule has 0 aromatic heterocycles. The fourth-order valence-corrected chi connectivity index (χ4v) is 4.82. The molecule has 2 N–H and O–H groups in total. The van der Waals surface area contributed by atoms with Crippen molar-refractivity contribution in [1.29, 1.82) is 0 Å². The summed E-state index contributed by atoms with van der Waals surface area (Å²) in [5, 5.41) is 2.57. The molecule has 4 rings (SSSR count). The van der Waals surface area contributed by atoms with Crippen LogP contribution in [0, 0.1) is 0 Å². The van der Waals surface area contributed by atoms with Crippen LogP contribution < -0.4 is 10.2 Å². The van der Waals surface area contributed by atoms with Crippen LogP contribution in [-0.4, -0.2) is 54.7 Å². The van der Waals surface area contributed by atoms with Gasteiger partial charge in [0.2, 0.25) is 11.8 Å². The Morgan fingerprint density at radius 3 is 2.62 bits per heavy atom. The Bertz CT molecular complexity index is 892. The summed E-state index contributed by atoms with van der Waals surface area (Å²) in [5.74, 6) is 0.00766. The van der Waals surface area contributed by atoms with Crippen LogP contribution in [0.1, 0.15) is 12.0 Å². The Balaban J connectivity index is 1.24. The van der Waals surface area contributed by atoms with Crippen LogP contribution in [0.15, 0.2) is 65.6 Å². The Morgan fingerprint density at radius 2 is 1.83 bits per heavy atom. The monoisotopic (exact) mass is 408 g/mol. The number of amides is 2. The predicted molar refractivity (Wildman–Crippen MR) is 117 cm³/mol. The highest BCUT2D eigenvalue weighted by molar-refractivity contribution is 8.01. The third-order valence-corrected chi connectivity index (χ3v) is 6.68. The zero-order valence-electron chi connectivity index (χ0n) is 16.3. The van der Waals surface area contributed by atoms with Crippen LogP contribution in [0.4, 0.5) is 5.69 Å². The van der Waals surface area contributed by atoms with Crippen LogP contribution in [-0.2, 0) is 9.59 Å². The molecule has 1 saturated heterocycles. The molecule has 2 aliphatic rings. The van der Waals surface area contributed by atoms with E-state index in [0.717, 1.165) is 43.3 Å². The lowest BCUT2D eigenvalue weighted by Crippen LogP contribution is -3.14. The van der Waals surface area contributed by atoms with Crippen molar-refractivity contribution in [3.8, 4) is 0 Å². The Kier molecular flexibility index (Phi) is 6.32. The van der Waals surface area contributed by atoms with Gasteiger partial charge in [-0.25, -0.2) is 0 Å². The van der Waals surface area contributed by atoms with Gasteiger partial charge in [0.15, 0.2) is 0 Å². The van der Waals surface area contributed by atoms with Crippen molar-refractivity contribution in [1.82, 2.24) is 4.90 Å². The Hall–Kier alpha value is -2.57. The summed E-state index contributed by atoms with van der Waals surface area (Å²) in [4.78, 5) is 29.5. The van der Waals surface area contributed by atoms with Gasteiger partial charge in [-0.2, -0.15) is 0 Å². The zero-order valence-corrected chi connectivity index (χ0v) is 17.2. The summed E-state index contributed by atoms with van der Waals surface area (Å²) < 4.78 is 0. The van der Waals surface area contributed by atoms with E-state index in [-0.39, 0.29) is 23.5 Å². The molecule has 0 aliphatic carbocycles. The molecular formula is C23H26N3O2S+. The van der Waals surface area contributed by atoms with Crippen molar-refractivity contribution in [3.63, 3.8) is 0 Å². The molecular weight excluding hydrogens is 382 g/mol. The van der Waals surface area contributed by atoms with Crippen molar-refractivity contribution in [3.05, 3.63) is 66.2 Å². The van der Waals surface area contributed by atoms with Crippen molar-refractivity contribution >= 4 is 35.3 Å². The molecule has 1 atom stereocenters. The van der Waals surface area contributed by atoms with E-state index < -0.39 is 0 Å². The number of hydrogen-bond acceptors (Lipinski definition) is 3. The van der Waals surface area contributed by atoms with Crippen LogP contribution in [0.2, 0.25) is 0 Å². The van der Waals surface area contributed by atoms with Gasteiger partial charge in [0, 0.05) is 11.3 Å². The van der Waals surface area contributed by atoms with Crippen LogP contribution in [0.5, 0.6) is 0 Å². The number of piperazine rings is 1. The molecule has 0 unspecified atom stereocenters. The summed E-state index contributed by atoms with van der Waals surface area (Å²) in [7, 11) is 0. The Morgan fingerprint density at radius 1 is 1.10 bits per heavy atom. The molecule has 0 bridgehead atoms. The molecule has 150 valence electrons. The van der Waals surface area contributed by atoms with Crippen LogP contribution in [0.3, 0.4) is 0 Å². The zero-order chi connectivity index (χ0) is 20.1. The first-order valence-electron chi connectivity index (χ1n) is 10.1. The van der Waals surface area contributed by atoms with Gasteiger partial charge in [0.25, 0.3) is 0 Å². The van der Waals surface area contributed by atoms with E-state index in [9.17, 15) is 9.59 Å². The summed E-state index contributed by atoms with van der Waals surface area (Å²) in [6, 6.07) is 18.0. The summed E-state index contributed by atoms with van der Waals surface area (Å²) in [6.07, 6.45) is 4.62. The van der Waals surface area contributed by atoms with Gasteiger partial charge in [-0.15, -0.1) is 11.8 Å². The number of carbonyl (C=O) groups is 2. The molecule has 5 nitrogen and oxygen atoms in total. The first-order valence-corrected chi connectivity index (χ1v) is 11.0. The maximum atomic E-state index is 12.7. The van der Waals surface area contributed by atoms with Crippen molar-refractivity contribution in [2.75, 3.05) is 38.0 Å². The van der Waals surface area contributed by atoms with E-state index in [0.29, 0.717) is 0 Å². The maximum Gasteiger partial charge on any atom is 0.238 e. The quantitative estimate of drug-likeness (QED) is 0.795. The molecule has 29 heavy (non-hydrogen) atoms. The predicted octanol–water partition coefficient (Wildman–Crippen LogP) is 1.93. The topological polar surface area (TPSA) is 53.9 Å². The van der Waals surface area contributed by atoms with E-state index in [1.165, 1.54) is 22.2 Å². The molecule has 0 saturated carbocycles. The van der Waals surface area contributed by atoms with Crippen molar-refractivity contribution in [2.24, 2.45) is 0 Å². The summed E-state index contributed by atoms with van der Waals surface area (Å²) >= 11 is 1.49. The van der Waals surface area contributed by atoms with E-state index in [1.807, 2.05) is 47.4 Å². The Labute approximate surface area is 175 Å².